The molecule has 0 aliphatic rings. The molecule has 0 aromatic rings. The zero-order chi connectivity index (χ0) is 13.6. The normalized spacial score (nSPS) is 16.4. The van der Waals surface area contributed by atoms with Crippen LogP contribution in [0.2, 0.25) is 0 Å². The van der Waals surface area contributed by atoms with Gasteiger partial charge in [0.15, 0.2) is 0 Å². The fourth-order valence-electron chi connectivity index (χ4n) is 0.825. The highest BCUT2D eigenvalue weighted by Crippen LogP contribution is 2.62. The van der Waals surface area contributed by atoms with Crippen LogP contribution in [0.4, 0.5) is 35.1 Å². The molecule has 1 unspecified atom stereocenters. The van der Waals surface area contributed by atoms with Crippen molar-refractivity contribution in [3.8, 4) is 0 Å². The maximum Gasteiger partial charge on any atom is 0.460 e. The van der Waals surface area contributed by atoms with Crippen molar-refractivity contribution in [2.24, 2.45) is 0 Å². The van der Waals surface area contributed by atoms with Gasteiger partial charge in [0, 0.05) is 7.26 Å². The van der Waals surface area contributed by atoms with Gasteiger partial charge in [-0.25, -0.2) is 0 Å². The number of halogens is 9. The van der Waals surface area contributed by atoms with E-state index in [9.17, 15) is 35.1 Å². The van der Waals surface area contributed by atoms with Crippen molar-refractivity contribution < 1.29 is 47.5 Å². The lowest BCUT2D eigenvalue weighted by Crippen LogP contribution is -3.00. The molecule has 0 nitrogen and oxygen atoms in total. The minimum atomic E-state index is -6.48. The van der Waals surface area contributed by atoms with Crippen LogP contribution in [0.15, 0.2) is 0 Å². The summed E-state index contributed by atoms with van der Waals surface area (Å²) in [5.74, 6) is -15.6. The molecule has 0 rings (SSSR count). The molecule has 0 amide bonds. The van der Waals surface area contributed by atoms with Gasteiger partial charge in [-0.2, -0.15) is 35.1 Å². The molecule has 0 radical (unpaired) electrons. The Morgan fingerprint density at radius 1 is 0.824 bits per heavy atom. The zero-order valence-electron chi connectivity index (χ0n) is 8.93. The lowest BCUT2D eigenvalue weighted by molar-refractivity contribution is -0.359. The van der Waals surface area contributed by atoms with Crippen LogP contribution < -0.4 is 12.4 Å². The lowest BCUT2D eigenvalue weighted by Gasteiger charge is -2.32. The first-order chi connectivity index (χ1) is 6.65. The van der Waals surface area contributed by atoms with Crippen LogP contribution in [-0.2, 0) is 0 Å². The molecule has 0 saturated heterocycles. The summed E-state index contributed by atoms with van der Waals surface area (Å²) in [7, 11) is -3.19. The van der Waals surface area contributed by atoms with E-state index in [0.717, 1.165) is 20.0 Å². The van der Waals surface area contributed by atoms with Gasteiger partial charge in [0.1, 0.15) is 0 Å². The van der Waals surface area contributed by atoms with Gasteiger partial charge in [-0.1, -0.05) is 0 Å². The Morgan fingerprint density at radius 2 is 1.12 bits per heavy atom. The van der Waals surface area contributed by atoms with E-state index >= 15 is 0 Å². The molecule has 0 aromatic carbocycles. The number of hydrogen-bond donors (Lipinski definition) is 0. The highest BCUT2D eigenvalue weighted by molar-refractivity contribution is 7.74. The van der Waals surface area contributed by atoms with Gasteiger partial charge in [0.05, 0.1) is 20.0 Å². The van der Waals surface area contributed by atoms with E-state index in [-0.39, 0.29) is 12.4 Å². The van der Waals surface area contributed by atoms with Crippen LogP contribution in [-0.4, -0.2) is 43.9 Å². The van der Waals surface area contributed by atoms with Crippen LogP contribution in [0.3, 0.4) is 0 Å². The second-order valence-corrected chi connectivity index (χ2v) is 8.83. The zero-order valence-corrected chi connectivity index (χ0v) is 10.6. The summed E-state index contributed by atoms with van der Waals surface area (Å²) in [6.45, 7) is 2.74. The van der Waals surface area contributed by atoms with E-state index in [4.69, 9.17) is 0 Å². The summed E-state index contributed by atoms with van der Waals surface area (Å²) < 4.78 is 98.4. The van der Waals surface area contributed by atoms with Crippen molar-refractivity contribution in [1.82, 2.24) is 0 Å². The van der Waals surface area contributed by atoms with Crippen LogP contribution in [0.25, 0.3) is 0 Å². The fourth-order valence-corrected chi connectivity index (χ4v) is 1.96. The first kappa shape index (κ1) is 19.5. The minimum absolute atomic E-state index is 0. The number of hydrogen-bond acceptors (Lipinski definition) is 0. The summed E-state index contributed by atoms with van der Waals surface area (Å²) in [5, 5.41) is 0. The third-order valence-electron chi connectivity index (χ3n) is 1.75. The molecule has 0 bridgehead atoms. The highest BCUT2D eigenvalue weighted by atomic mass is 35.5. The lowest BCUT2D eigenvalue weighted by atomic mass is 10.2. The van der Waals surface area contributed by atoms with Gasteiger partial charge in [-0.3, -0.25) is 0 Å². The summed E-state index contributed by atoms with van der Waals surface area (Å²) in [6.07, 6.45) is -6.48. The van der Waals surface area contributed by atoms with Crippen molar-refractivity contribution in [2.75, 3.05) is 20.0 Å². The summed E-state index contributed by atoms with van der Waals surface area (Å²) in [6, 6.07) is 0. The van der Waals surface area contributed by atoms with Crippen LogP contribution in [0.1, 0.15) is 0 Å². The van der Waals surface area contributed by atoms with Gasteiger partial charge in [0.2, 0.25) is 0 Å². The van der Waals surface area contributed by atoms with Gasteiger partial charge < -0.3 is 12.4 Å². The van der Waals surface area contributed by atoms with Crippen LogP contribution in [0, 0.1) is 0 Å². The van der Waals surface area contributed by atoms with Crippen molar-refractivity contribution in [3.63, 3.8) is 0 Å². The average Bonchev–Trinajstić information content (AvgIpc) is 1.98. The Bertz CT molecular complexity index is 256. The maximum absolute atomic E-state index is 13.0. The molecule has 17 heavy (non-hydrogen) atoms. The summed E-state index contributed by atoms with van der Waals surface area (Å²) in [5.41, 5.74) is 0. The van der Waals surface area contributed by atoms with Crippen LogP contribution in [0.5, 0.6) is 0 Å². The molecular weight excluding hydrogens is 302 g/mol. The third-order valence-corrected chi connectivity index (χ3v) is 3.44. The second-order valence-electron chi connectivity index (χ2n) is 4.15. The molecule has 0 aliphatic heterocycles. The first-order valence-corrected chi connectivity index (χ1v) is 7.13. The SMILES string of the molecule is C[P+](C)(C)C(F)C(F)(F)C(F)(F)C(F)(F)F.[Cl-]. The standard InChI is InChI=1S/C7H10F8P.ClH/c1-16(2,3)4(8)5(9,10)6(11,12)7(13,14)15;/h4H,1-3H3;1H/q+1;/p-1. The quantitative estimate of drug-likeness (QED) is 0.539. The maximum atomic E-state index is 13.0. The van der Waals surface area contributed by atoms with E-state index < -0.39 is 31.2 Å². The van der Waals surface area contributed by atoms with Crippen molar-refractivity contribution in [3.05, 3.63) is 0 Å². The molecule has 0 fully saturated rings. The number of alkyl halides is 8. The minimum Gasteiger partial charge on any atom is -1.00 e. The number of rotatable bonds is 3. The predicted molar refractivity (Wildman–Crippen MR) is 45.5 cm³/mol. The highest BCUT2D eigenvalue weighted by Gasteiger charge is 2.79. The first-order valence-electron chi connectivity index (χ1n) is 3.93. The van der Waals surface area contributed by atoms with Gasteiger partial charge >= 0.3 is 18.0 Å². The van der Waals surface area contributed by atoms with Crippen molar-refractivity contribution in [1.29, 1.82) is 0 Å². The Kier molecular flexibility index (Phi) is 5.77. The largest absolute Gasteiger partial charge is 1.00 e. The van der Waals surface area contributed by atoms with E-state index in [2.05, 4.69) is 0 Å². The fraction of sp³-hybridized carbons (Fsp3) is 1.00. The monoisotopic (exact) mass is 312 g/mol. The van der Waals surface area contributed by atoms with E-state index in [1.54, 1.807) is 0 Å². The third kappa shape index (κ3) is 3.56. The Balaban J connectivity index is 0. The molecule has 0 N–H and O–H groups in total. The Labute approximate surface area is 99.5 Å². The van der Waals surface area contributed by atoms with E-state index in [1.165, 1.54) is 0 Å². The Hall–Kier alpha value is 0.160. The van der Waals surface area contributed by atoms with E-state index in [1.807, 2.05) is 0 Å². The molecule has 1 atom stereocenters. The summed E-state index contributed by atoms with van der Waals surface area (Å²) >= 11 is 0. The molecule has 0 spiro atoms. The molecule has 0 saturated carbocycles. The molecule has 10 heteroatoms. The van der Waals surface area contributed by atoms with E-state index in [0.29, 0.717) is 0 Å². The smallest absolute Gasteiger partial charge is 0.460 e. The van der Waals surface area contributed by atoms with Gasteiger partial charge in [-0.15, -0.1) is 0 Å². The van der Waals surface area contributed by atoms with Crippen molar-refractivity contribution >= 4 is 7.26 Å². The predicted octanol–water partition coefficient (Wildman–Crippen LogP) is 1.03. The molecule has 0 aliphatic carbocycles. The molecule has 106 valence electrons. The molecule has 0 aromatic heterocycles. The summed E-state index contributed by atoms with van der Waals surface area (Å²) in [4.78, 5) is 0. The van der Waals surface area contributed by atoms with Gasteiger partial charge in [-0.05, 0) is 0 Å². The second kappa shape index (κ2) is 5.03. The van der Waals surface area contributed by atoms with Crippen molar-refractivity contribution in [2.45, 2.75) is 23.9 Å². The Morgan fingerprint density at radius 3 is 1.29 bits per heavy atom. The average molecular weight is 313 g/mol. The molecular formula is C7H10ClF8P. The van der Waals surface area contributed by atoms with Gasteiger partial charge in [0.25, 0.3) is 5.91 Å². The molecule has 0 heterocycles. The topological polar surface area (TPSA) is 0 Å². The van der Waals surface area contributed by atoms with Crippen LogP contribution >= 0.6 is 7.26 Å².